The molecule has 2 heterocycles. The van der Waals surface area contributed by atoms with Crippen LogP contribution in [-0.4, -0.2) is 96.6 Å². The lowest BCUT2D eigenvalue weighted by Gasteiger charge is -2.12. The van der Waals surface area contributed by atoms with E-state index in [1.807, 2.05) is 0 Å². The van der Waals surface area contributed by atoms with Crippen molar-refractivity contribution in [1.29, 1.82) is 0 Å². The highest BCUT2D eigenvalue weighted by Crippen LogP contribution is 2.21. The van der Waals surface area contributed by atoms with Crippen LogP contribution in [0, 0.1) is 0 Å². The van der Waals surface area contributed by atoms with Crippen LogP contribution in [0.1, 0.15) is 45.4 Å². The van der Waals surface area contributed by atoms with E-state index in [1.54, 1.807) is 6.92 Å². The molecule has 2 saturated heterocycles. The van der Waals surface area contributed by atoms with Gasteiger partial charge in [0.25, 0.3) is 0 Å². The van der Waals surface area contributed by atoms with Crippen molar-refractivity contribution in [3.05, 3.63) is 0 Å². The van der Waals surface area contributed by atoms with Crippen molar-refractivity contribution in [3.8, 4) is 0 Å². The summed E-state index contributed by atoms with van der Waals surface area (Å²) in [6.07, 6.45) is 5.39. The van der Waals surface area contributed by atoms with Gasteiger partial charge in [-0.05, 0) is 45.4 Å². The summed E-state index contributed by atoms with van der Waals surface area (Å²) in [7, 11) is 0. The number of aliphatic hydroxyl groups is 5. The zero-order valence-corrected chi connectivity index (χ0v) is 16.4. The molecule has 2 fully saturated rings. The lowest BCUT2D eigenvalue weighted by Crippen LogP contribution is -2.19. The highest BCUT2D eigenvalue weighted by Gasteiger charge is 2.25. The fraction of sp³-hybridized carbons (Fsp3) is 1.00. The van der Waals surface area contributed by atoms with Crippen molar-refractivity contribution < 1.29 is 44.5 Å². The molecule has 5 N–H and O–H groups in total. The summed E-state index contributed by atoms with van der Waals surface area (Å²) < 4.78 is 19.3. The molecule has 0 spiro atoms. The molecular weight excluding hydrogens is 360 g/mol. The summed E-state index contributed by atoms with van der Waals surface area (Å²) in [5.74, 6) is 0. The van der Waals surface area contributed by atoms with E-state index in [0.29, 0.717) is 31.5 Å². The van der Waals surface area contributed by atoms with Crippen molar-refractivity contribution in [2.24, 2.45) is 0 Å². The Kier molecular flexibility index (Phi) is 18.7. The van der Waals surface area contributed by atoms with Gasteiger partial charge >= 0.3 is 0 Å². The third-order valence-electron chi connectivity index (χ3n) is 3.73. The molecule has 0 aliphatic carbocycles. The zero-order chi connectivity index (χ0) is 20.3. The number of ether oxygens (including phenoxy) is 4. The van der Waals surface area contributed by atoms with Crippen molar-refractivity contribution in [2.75, 3.05) is 46.6 Å². The fourth-order valence-electron chi connectivity index (χ4n) is 2.18. The molecule has 2 aliphatic heterocycles. The maximum atomic E-state index is 9.28. The average Bonchev–Trinajstić information content (AvgIpc) is 3.55. The molecule has 9 nitrogen and oxygen atoms in total. The molecule has 4 unspecified atom stereocenters. The molecular formula is C18H38O9. The monoisotopic (exact) mass is 398 g/mol. The van der Waals surface area contributed by atoms with E-state index in [9.17, 15) is 10.2 Å². The quantitative estimate of drug-likeness (QED) is 0.198. The van der Waals surface area contributed by atoms with E-state index in [-0.39, 0.29) is 19.8 Å². The third kappa shape index (κ3) is 21.8. The maximum absolute atomic E-state index is 9.28. The molecule has 0 aromatic heterocycles. The smallest absolute Gasteiger partial charge is 0.143 e. The third-order valence-corrected chi connectivity index (χ3v) is 3.73. The topological polar surface area (TPSA) is 145 Å². The van der Waals surface area contributed by atoms with Gasteiger partial charge in [0.05, 0.1) is 50.8 Å². The molecule has 27 heavy (non-hydrogen) atoms. The molecule has 9 heteroatoms. The van der Waals surface area contributed by atoms with Gasteiger partial charge in [-0.2, -0.15) is 0 Å². The SMILES string of the molecule is C(CC1CO1)CC1CO1.CCO.OCOCC(O)CCCC(O)COCO. The second-order valence-electron chi connectivity index (χ2n) is 6.40. The summed E-state index contributed by atoms with van der Waals surface area (Å²) in [6.45, 7) is 3.34. The Balaban J connectivity index is 0.000000469. The lowest BCUT2D eigenvalue weighted by atomic mass is 10.1. The summed E-state index contributed by atoms with van der Waals surface area (Å²) in [5, 5.41) is 42.8. The van der Waals surface area contributed by atoms with Crippen LogP contribution in [0.25, 0.3) is 0 Å². The highest BCUT2D eigenvalue weighted by molar-refractivity contribution is 4.73. The van der Waals surface area contributed by atoms with Gasteiger partial charge in [0.2, 0.25) is 0 Å². The minimum atomic E-state index is -0.622. The summed E-state index contributed by atoms with van der Waals surface area (Å²) in [4.78, 5) is 0. The Labute approximate surface area is 161 Å². The molecule has 0 saturated carbocycles. The Bertz CT molecular complexity index is 273. The Hall–Kier alpha value is -0.360. The van der Waals surface area contributed by atoms with Crippen molar-refractivity contribution in [2.45, 2.75) is 69.9 Å². The van der Waals surface area contributed by atoms with Crippen molar-refractivity contribution in [3.63, 3.8) is 0 Å². The number of hydrogen-bond donors (Lipinski definition) is 5. The van der Waals surface area contributed by atoms with Crippen LogP contribution < -0.4 is 0 Å². The summed E-state index contributed by atoms with van der Waals surface area (Å²) in [6, 6.07) is 0. The largest absolute Gasteiger partial charge is 0.397 e. The molecule has 0 amide bonds. The predicted octanol–water partition coefficient (Wildman–Crippen LogP) is -0.236. The standard InChI is InChI=1S/C9H20O6.C7H12O2.C2H6O/c10-6-14-4-8(12)2-1-3-9(13)5-15-7-11;1(2-6-4-8-6)3-7-5-9-7;1-2-3/h8-13H,1-7H2;6-7H,1-5H2;3H,2H2,1H3. The van der Waals surface area contributed by atoms with E-state index in [4.69, 9.17) is 24.8 Å². The molecule has 2 rings (SSSR count). The van der Waals surface area contributed by atoms with Crippen molar-refractivity contribution >= 4 is 0 Å². The van der Waals surface area contributed by atoms with E-state index >= 15 is 0 Å². The first-order valence-electron chi connectivity index (χ1n) is 9.64. The fourth-order valence-corrected chi connectivity index (χ4v) is 2.18. The molecule has 0 aromatic rings. The number of rotatable bonds is 14. The highest BCUT2D eigenvalue weighted by atomic mass is 16.6. The predicted molar refractivity (Wildman–Crippen MR) is 98.0 cm³/mol. The minimum Gasteiger partial charge on any atom is -0.397 e. The summed E-state index contributed by atoms with van der Waals surface area (Å²) in [5.41, 5.74) is 0. The van der Waals surface area contributed by atoms with Gasteiger partial charge in [-0.25, -0.2) is 0 Å². The Morgan fingerprint density at radius 3 is 1.48 bits per heavy atom. The van der Waals surface area contributed by atoms with Gasteiger partial charge < -0.3 is 44.5 Å². The Morgan fingerprint density at radius 1 is 0.815 bits per heavy atom. The average molecular weight is 398 g/mol. The number of aliphatic hydroxyl groups excluding tert-OH is 5. The minimum absolute atomic E-state index is 0.0970. The molecule has 0 bridgehead atoms. The lowest BCUT2D eigenvalue weighted by molar-refractivity contribution is -0.0503. The van der Waals surface area contributed by atoms with E-state index in [1.165, 1.54) is 19.3 Å². The second kappa shape index (κ2) is 19.0. The second-order valence-corrected chi connectivity index (χ2v) is 6.40. The van der Waals surface area contributed by atoms with Gasteiger partial charge in [-0.1, -0.05) is 0 Å². The van der Waals surface area contributed by atoms with Gasteiger partial charge in [-0.15, -0.1) is 0 Å². The van der Waals surface area contributed by atoms with Crippen LogP contribution in [-0.2, 0) is 18.9 Å². The van der Waals surface area contributed by atoms with Gasteiger partial charge in [0.1, 0.15) is 13.6 Å². The maximum Gasteiger partial charge on any atom is 0.143 e. The van der Waals surface area contributed by atoms with E-state index in [0.717, 1.165) is 13.2 Å². The molecule has 0 aromatic carbocycles. The van der Waals surface area contributed by atoms with Gasteiger partial charge in [0.15, 0.2) is 0 Å². The van der Waals surface area contributed by atoms with Gasteiger partial charge in [-0.3, -0.25) is 0 Å². The van der Waals surface area contributed by atoms with Crippen molar-refractivity contribution in [1.82, 2.24) is 0 Å². The van der Waals surface area contributed by atoms with Crippen LogP contribution in [0.15, 0.2) is 0 Å². The first-order valence-corrected chi connectivity index (χ1v) is 9.64. The van der Waals surface area contributed by atoms with Crippen LogP contribution in [0.2, 0.25) is 0 Å². The zero-order valence-electron chi connectivity index (χ0n) is 16.4. The first kappa shape index (κ1) is 26.6. The Morgan fingerprint density at radius 2 is 1.19 bits per heavy atom. The van der Waals surface area contributed by atoms with Crippen LogP contribution in [0.4, 0.5) is 0 Å². The molecule has 164 valence electrons. The molecule has 2 aliphatic rings. The van der Waals surface area contributed by atoms with E-state index < -0.39 is 25.8 Å². The van der Waals surface area contributed by atoms with E-state index in [2.05, 4.69) is 9.47 Å². The summed E-state index contributed by atoms with van der Waals surface area (Å²) >= 11 is 0. The van der Waals surface area contributed by atoms with Crippen LogP contribution in [0.3, 0.4) is 0 Å². The first-order chi connectivity index (χ1) is 13.1. The van der Waals surface area contributed by atoms with Crippen LogP contribution >= 0.6 is 0 Å². The normalized spacial score (nSPS) is 22.0. The van der Waals surface area contributed by atoms with Crippen LogP contribution in [0.5, 0.6) is 0 Å². The molecule has 4 atom stereocenters. The number of epoxide rings is 2. The molecule has 0 radical (unpaired) electrons. The number of hydrogen-bond acceptors (Lipinski definition) is 9. The van der Waals surface area contributed by atoms with Gasteiger partial charge in [0, 0.05) is 6.61 Å².